The number of rotatable bonds is 6. The first kappa shape index (κ1) is 15.3. The molecule has 0 aromatic heterocycles. The van der Waals surface area contributed by atoms with Crippen molar-refractivity contribution >= 4 is 11.6 Å². The second-order valence-corrected chi connectivity index (χ2v) is 4.33. The predicted molar refractivity (Wildman–Crippen MR) is 75.8 cm³/mol. The van der Waals surface area contributed by atoms with Crippen LogP contribution in [-0.2, 0) is 4.79 Å². The molecule has 0 aliphatic heterocycles. The lowest BCUT2D eigenvalue weighted by Crippen LogP contribution is -2.41. The molecule has 0 spiro atoms. The highest BCUT2D eigenvalue weighted by Crippen LogP contribution is 2.31. The number of likely N-dealkylation sites (N-methyl/N-ethyl adjacent to an activating group) is 1. The summed E-state index contributed by atoms with van der Waals surface area (Å²) in [5.74, 6) is 1.11. The second kappa shape index (κ2) is 6.99. The molecule has 5 nitrogen and oxygen atoms in total. The first-order chi connectivity index (χ1) is 9.04. The zero-order chi connectivity index (χ0) is 14.4. The highest BCUT2D eigenvalue weighted by Gasteiger charge is 2.19. The lowest BCUT2D eigenvalue weighted by Gasteiger charge is -2.22. The summed E-state index contributed by atoms with van der Waals surface area (Å²) in [5, 5.41) is 0. The fourth-order valence-electron chi connectivity index (χ4n) is 1.84. The highest BCUT2D eigenvalue weighted by atomic mass is 16.5. The maximum atomic E-state index is 12.1. The van der Waals surface area contributed by atoms with Crippen molar-refractivity contribution < 1.29 is 14.3 Å². The van der Waals surface area contributed by atoms with Crippen LogP contribution in [-0.4, -0.2) is 33.2 Å². The second-order valence-electron chi connectivity index (χ2n) is 4.33. The number of hydrogen-bond acceptors (Lipinski definition) is 4. The van der Waals surface area contributed by atoms with E-state index in [0.29, 0.717) is 17.9 Å². The van der Waals surface area contributed by atoms with Crippen molar-refractivity contribution in [1.29, 1.82) is 0 Å². The van der Waals surface area contributed by atoms with Crippen LogP contribution in [0.2, 0.25) is 0 Å². The van der Waals surface area contributed by atoms with Crippen molar-refractivity contribution in [1.82, 2.24) is 0 Å². The van der Waals surface area contributed by atoms with Gasteiger partial charge in [-0.15, -0.1) is 0 Å². The first-order valence-electron chi connectivity index (χ1n) is 6.30. The Bertz CT molecular complexity index is 435. The van der Waals surface area contributed by atoms with Crippen LogP contribution < -0.4 is 20.1 Å². The van der Waals surface area contributed by atoms with Crippen molar-refractivity contribution in [3.8, 4) is 11.5 Å². The van der Waals surface area contributed by atoms with Crippen LogP contribution in [0.4, 0.5) is 5.69 Å². The van der Waals surface area contributed by atoms with Gasteiger partial charge in [0.2, 0.25) is 5.91 Å². The van der Waals surface area contributed by atoms with Gasteiger partial charge in [-0.1, -0.05) is 13.3 Å². The molecule has 0 radical (unpaired) electrons. The molecular formula is C14H22N2O3. The average molecular weight is 266 g/mol. The largest absolute Gasteiger partial charge is 0.493 e. The van der Waals surface area contributed by atoms with Crippen LogP contribution in [0.1, 0.15) is 19.8 Å². The highest BCUT2D eigenvalue weighted by molar-refractivity contribution is 5.96. The molecular weight excluding hydrogens is 244 g/mol. The van der Waals surface area contributed by atoms with Gasteiger partial charge >= 0.3 is 0 Å². The van der Waals surface area contributed by atoms with E-state index in [1.54, 1.807) is 44.4 Å². The van der Waals surface area contributed by atoms with Gasteiger partial charge < -0.3 is 20.1 Å². The fourth-order valence-corrected chi connectivity index (χ4v) is 1.84. The molecule has 1 atom stereocenters. The predicted octanol–water partition coefficient (Wildman–Crippen LogP) is 1.79. The van der Waals surface area contributed by atoms with Crippen LogP contribution in [0.25, 0.3) is 0 Å². The summed E-state index contributed by atoms with van der Waals surface area (Å²) in [7, 11) is 4.84. The van der Waals surface area contributed by atoms with Crippen molar-refractivity contribution in [3.63, 3.8) is 0 Å². The van der Waals surface area contributed by atoms with Crippen molar-refractivity contribution in [2.24, 2.45) is 5.73 Å². The molecule has 0 aliphatic rings. The van der Waals surface area contributed by atoms with Crippen molar-refractivity contribution in [2.45, 2.75) is 25.8 Å². The Labute approximate surface area is 114 Å². The summed E-state index contributed by atoms with van der Waals surface area (Å²) in [4.78, 5) is 13.7. The number of hydrogen-bond donors (Lipinski definition) is 1. The van der Waals surface area contributed by atoms with E-state index in [2.05, 4.69) is 0 Å². The Hall–Kier alpha value is -1.75. The molecule has 106 valence electrons. The minimum atomic E-state index is -0.469. The third-order valence-electron chi connectivity index (χ3n) is 3.00. The SMILES string of the molecule is CCCC(N)C(=O)N(C)c1ccc(OC)c(OC)c1. The standard InChI is InChI=1S/C14H22N2O3/c1-5-6-11(15)14(17)16(2)10-7-8-12(18-3)13(9-10)19-4/h7-9,11H,5-6,15H2,1-4H3. The number of carbonyl (C=O) groups excluding carboxylic acids is 1. The lowest BCUT2D eigenvalue weighted by molar-refractivity contribution is -0.119. The molecule has 1 aromatic rings. The molecule has 2 N–H and O–H groups in total. The van der Waals surface area contributed by atoms with Crippen LogP contribution >= 0.6 is 0 Å². The van der Waals surface area contributed by atoms with Crippen LogP contribution in [0.3, 0.4) is 0 Å². The quantitative estimate of drug-likeness (QED) is 0.852. The third kappa shape index (κ3) is 3.61. The molecule has 1 rings (SSSR count). The van der Waals surface area contributed by atoms with Gasteiger partial charge in [-0.05, 0) is 18.6 Å². The molecule has 0 saturated heterocycles. The van der Waals surface area contributed by atoms with Crippen molar-refractivity contribution in [3.05, 3.63) is 18.2 Å². The van der Waals surface area contributed by atoms with E-state index in [1.165, 1.54) is 0 Å². The summed E-state index contributed by atoms with van der Waals surface area (Å²) in [6.45, 7) is 2.00. The topological polar surface area (TPSA) is 64.8 Å². The summed E-state index contributed by atoms with van der Waals surface area (Å²) in [6.07, 6.45) is 1.56. The zero-order valence-electron chi connectivity index (χ0n) is 12.0. The number of benzene rings is 1. The van der Waals surface area contributed by atoms with E-state index >= 15 is 0 Å². The lowest BCUT2D eigenvalue weighted by atomic mass is 10.1. The van der Waals surface area contributed by atoms with E-state index in [0.717, 1.165) is 12.1 Å². The van der Waals surface area contributed by atoms with E-state index in [4.69, 9.17) is 15.2 Å². The van der Waals surface area contributed by atoms with Gasteiger partial charge in [0.1, 0.15) is 0 Å². The Morgan fingerprint density at radius 3 is 2.47 bits per heavy atom. The van der Waals surface area contributed by atoms with Gasteiger partial charge in [0.05, 0.1) is 20.3 Å². The normalized spacial score (nSPS) is 11.8. The number of amides is 1. The Morgan fingerprint density at radius 2 is 1.95 bits per heavy atom. The van der Waals surface area contributed by atoms with E-state index in [1.807, 2.05) is 6.92 Å². The van der Waals surface area contributed by atoms with Gasteiger partial charge in [0, 0.05) is 18.8 Å². The Morgan fingerprint density at radius 1 is 1.32 bits per heavy atom. The minimum Gasteiger partial charge on any atom is -0.493 e. The monoisotopic (exact) mass is 266 g/mol. The number of carbonyl (C=O) groups is 1. The number of nitrogens with zero attached hydrogens (tertiary/aromatic N) is 1. The van der Waals surface area contributed by atoms with Gasteiger partial charge in [-0.25, -0.2) is 0 Å². The van der Waals surface area contributed by atoms with Gasteiger partial charge in [0.25, 0.3) is 0 Å². The maximum absolute atomic E-state index is 12.1. The van der Waals surface area contributed by atoms with Crippen LogP contribution in [0, 0.1) is 0 Å². The summed E-state index contributed by atoms with van der Waals surface area (Å²) in [5.41, 5.74) is 6.58. The fraction of sp³-hybridized carbons (Fsp3) is 0.500. The number of ether oxygens (including phenoxy) is 2. The van der Waals surface area contributed by atoms with E-state index in [-0.39, 0.29) is 5.91 Å². The molecule has 0 bridgehead atoms. The molecule has 0 aliphatic carbocycles. The number of nitrogens with two attached hydrogens (primary N) is 1. The molecule has 0 heterocycles. The summed E-state index contributed by atoms with van der Waals surface area (Å²) in [6, 6.07) is 4.86. The molecule has 5 heteroatoms. The smallest absolute Gasteiger partial charge is 0.243 e. The van der Waals surface area contributed by atoms with Crippen LogP contribution in [0.15, 0.2) is 18.2 Å². The average Bonchev–Trinajstić information content (AvgIpc) is 2.45. The van der Waals surface area contributed by atoms with Gasteiger partial charge in [-0.2, -0.15) is 0 Å². The van der Waals surface area contributed by atoms with Crippen molar-refractivity contribution in [2.75, 3.05) is 26.2 Å². The summed E-state index contributed by atoms with van der Waals surface area (Å²) < 4.78 is 10.4. The van der Waals surface area contributed by atoms with Crippen LogP contribution in [0.5, 0.6) is 11.5 Å². The molecule has 1 aromatic carbocycles. The zero-order valence-corrected chi connectivity index (χ0v) is 12.0. The maximum Gasteiger partial charge on any atom is 0.243 e. The minimum absolute atomic E-state index is 0.103. The summed E-state index contributed by atoms with van der Waals surface area (Å²) >= 11 is 0. The van der Waals surface area contributed by atoms with E-state index < -0.39 is 6.04 Å². The Balaban J connectivity index is 2.93. The van der Waals surface area contributed by atoms with Gasteiger partial charge in [-0.3, -0.25) is 4.79 Å². The van der Waals surface area contributed by atoms with Gasteiger partial charge in [0.15, 0.2) is 11.5 Å². The molecule has 19 heavy (non-hydrogen) atoms. The molecule has 0 fully saturated rings. The third-order valence-corrected chi connectivity index (χ3v) is 3.00. The Kier molecular flexibility index (Phi) is 5.63. The molecule has 1 unspecified atom stereocenters. The van der Waals surface area contributed by atoms with E-state index in [9.17, 15) is 4.79 Å². The molecule has 0 saturated carbocycles. The number of anilines is 1. The first-order valence-corrected chi connectivity index (χ1v) is 6.30. The number of methoxy groups -OCH3 is 2. The molecule has 1 amide bonds.